The van der Waals surface area contributed by atoms with Crippen LogP contribution in [0.1, 0.15) is 19.3 Å². The summed E-state index contributed by atoms with van der Waals surface area (Å²) in [6, 6.07) is 5.98. The number of nitro groups is 1. The first-order valence-electron chi connectivity index (χ1n) is 10.2. The van der Waals surface area contributed by atoms with E-state index in [-0.39, 0.29) is 17.5 Å². The van der Waals surface area contributed by atoms with Crippen molar-refractivity contribution >= 4 is 23.2 Å². The fourth-order valence-electron chi connectivity index (χ4n) is 3.84. The maximum Gasteiger partial charge on any atom is 0.269 e. The standard InChI is InChI=1S/C20H29N5O4/c1-21(17-5-7-18(8-6-17)25(28)29)19(26)15-22-9-4-10-23(14-13-22)16-20(27)24-11-2-3-12-24/h5-8H,2-4,9-16H2,1H3. The molecule has 2 aliphatic heterocycles. The van der Waals surface area contributed by atoms with Gasteiger partial charge in [-0.05, 0) is 44.5 Å². The molecule has 0 radical (unpaired) electrons. The van der Waals surface area contributed by atoms with Gasteiger partial charge in [0.15, 0.2) is 0 Å². The van der Waals surface area contributed by atoms with Gasteiger partial charge in [0.05, 0.1) is 18.0 Å². The minimum atomic E-state index is -0.455. The van der Waals surface area contributed by atoms with E-state index in [1.54, 1.807) is 19.2 Å². The lowest BCUT2D eigenvalue weighted by Crippen LogP contribution is -2.42. The first kappa shape index (κ1) is 21.2. The highest BCUT2D eigenvalue weighted by molar-refractivity contribution is 5.94. The van der Waals surface area contributed by atoms with Gasteiger partial charge in [-0.2, -0.15) is 0 Å². The molecule has 9 heteroatoms. The molecule has 158 valence electrons. The minimum absolute atomic E-state index is 0.00526. The van der Waals surface area contributed by atoms with Gasteiger partial charge in [0.2, 0.25) is 11.8 Å². The Morgan fingerprint density at radius 3 is 2.10 bits per heavy atom. The summed E-state index contributed by atoms with van der Waals surface area (Å²) in [6.45, 7) is 5.70. The van der Waals surface area contributed by atoms with Crippen molar-refractivity contribution in [3.63, 3.8) is 0 Å². The Hall–Kier alpha value is -2.52. The quantitative estimate of drug-likeness (QED) is 0.524. The molecule has 0 aliphatic carbocycles. The van der Waals surface area contributed by atoms with E-state index in [0.717, 1.165) is 58.5 Å². The van der Waals surface area contributed by atoms with E-state index < -0.39 is 4.92 Å². The number of nitrogens with zero attached hydrogens (tertiary/aromatic N) is 5. The normalized spacial score (nSPS) is 18.4. The van der Waals surface area contributed by atoms with E-state index in [2.05, 4.69) is 9.80 Å². The van der Waals surface area contributed by atoms with E-state index in [1.807, 2.05) is 4.90 Å². The average molecular weight is 403 g/mol. The lowest BCUT2D eigenvalue weighted by Gasteiger charge is -2.25. The Kier molecular flexibility index (Phi) is 7.16. The number of rotatable bonds is 6. The van der Waals surface area contributed by atoms with Crippen LogP contribution in [0.2, 0.25) is 0 Å². The van der Waals surface area contributed by atoms with Crippen LogP contribution in [0.5, 0.6) is 0 Å². The fraction of sp³-hybridized carbons (Fsp3) is 0.600. The highest BCUT2D eigenvalue weighted by Gasteiger charge is 2.23. The summed E-state index contributed by atoms with van der Waals surface area (Å²) >= 11 is 0. The number of non-ortho nitro benzene ring substituents is 1. The van der Waals surface area contributed by atoms with Crippen molar-refractivity contribution in [2.75, 3.05) is 64.3 Å². The SMILES string of the molecule is CN(C(=O)CN1CCCN(CC(=O)N2CCCC2)CC1)c1ccc([N+](=O)[O-])cc1. The molecule has 2 heterocycles. The van der Waals surface area contributed by atoms with E-state index in [0.29, 0.717) is 18.8 Å². The van der Waals surface area contributed by atoms with Gasteiger partial charge in [-0.3, -0.25) is 29.5 Å². The third kappa shape index (κ3) is 5.74. The van der Waals surface area contributed by atoms with Gasteiger partial charge in [-0.15, -0.1) is 0 Å². The molecular weight excluding hydrogens is 374 g/mol. The molecule has 0 saturated carbocycles. The molecule has 2 fully saturated rings. The van der Waals surface area contributed by atoms with Crippen molar-refractivity contribution in [3.8, 4) is 0 Å². The third-order valence-electron chi connectivity index (χ3n) is 5.68. The summed E-state index contributed by atoms with van der Waals surface area (Å²) in [4.78, 5) is 43.1. The van der Waals surface area contributed by atoms with Crippen LogP contribution in [0.25, 0.3) is 0 Å². The number of benzene rings is 1. The topological polar surface area (TPSA) is 90.2 Å². The summed E-state index contributed by atoms with van der Waals surface area (Å²) in [5.41, 5.74) is 0.638. The molecule has 0 atom stereocenters. The summed E-state index contributed by atoms with van der Waals surface area (Å²) in [5.74, 6) is 0.158. The Morgan fingerprint density at radius 2 is 1.52 bits per heavy atom. The van der Waals surface area contributed by atoms with Crippen molar-refractivity contribution in [1.82, 2.24) is 14.7 Å². The zero-order valence-electron chi connectivity index (χ0n) is 17.0. The molecule has 0 bridgehead atoms. The van der Waals surface area contributed by atoms with Crippen LogP contribution in [0, 0.1) is 10.1 Å². The number of hydrogen-bond donors (Lipinski definition) is 0. The lowest BCUT2D eigenvalue weighted by atomic mass is 10.2. The molecule has 2 amide bonds. The van der Waals surface area contributed by atoms with Crippen molar-refractivity contribution < 1.29 is 14.5 Å². The molecular formula is C20H29N5O4. The number of carbonyl (C=O) groups is 2. The number of likely N-dealkylation sites (N-methyl/N-ethyl adjacent to an activating group) is 1. The van der Waals surface area contributed by atoms with Gasteiger partial charge in [-0.1, -0.05) is 0 Å². The molecule has 0 unspecified atom stereocenters. The molecule has 0 spiro atoms. The highest BCUT2D eigenvalue weighted by atomic mass is 16.6. The van der Waals surface area contributed by atoms with Crippen LogP contribution >= 0.6 is 0 Å². The van der Waals surface area contributed by atoms with Gasteiger partial charge < -0.3 is 9.80 Å². The Morgan fingerprint density at radius 1 is 0.931 bits per heavy atom. The second-order valence-electron chi connectivity index (χ2n) is 7.72. The lowest BCUT2D eigenvalue weighted by molar-refractivity contribution is -0.384. The largest absolute Gasteiger partial charge is 0.342 e. The zero-order chi connectivity index (χ0) is 20.8. The maximum absolute atomic E-state index is 12.7. The molecule has 2 aliphatic rings. The van der Waals surface area contributed by atoms with Gasteiger partial charge >= 0.3 is 0 Å². The fourth-order valence-corrected chi connectivity index (χ4v) is 3.84. The third-order valence-corrected chi connectivity index (χ3v) is 5.68. The zero-order valence-corrected chi connectivity index (χ0v) is 17.0. The molecule has 29 heavy (non-hydrogen) atoms. The molecule has 1 aromatic carbocycles. The van der Waals surface area contributed by atoms with Gasteiger partial charge in [0, 0.05) is 51.0 Å². The van der Waals surface area contributed by atoms with Crippen LogP contribution in [0.4, 0.5) is 11.4 Å². The number of nitro benzene ring substituents is 1. The van der Waals surface area contributed by atoms with E-state index in [4.69, 9.17) is 0 Å². The molecule has 0 aromatic heterocycles. The molecule has 9 nitrogen and oxygen atoms in total. The van der Waals surface area contributed by atoms with Crippen LogP contribution in [0.15, 0.2) is 24.3 Å². The Balaban J connectivity index is 1.48. The van der Waals surface area contributed by atoms with Crippen LogP contribution in [-0.2, 0) is 9.59 Å². The second kappa shape index (κ2) is 9.80. The molecule has 2 saturated heterocycles. The predicted molar refractivity (Wildman–Crippen MR) is 110 cm³/mol. The first-order valence-corrected chi connectivity index (χ1v) is 10.2. The van der Waals surface area contributed by atoms with E-state index in [1.165, 1.54) is 17.0 Å². The monoisotopic (exact) mass is 403 g/mol. The predicted octanol–water partition coefficient (Wildman–Crippen LogP) is 1.19. The highest BCUT2D eigenvalue weighted by Crippen LogP contribution is 2.19. The van der Waals surface area contributed by atoms with Gasteiger partial charge in [-0.25, -0.2) is 0 Å². The smallest absolute Gasteiger partial charge is 0.269 e. The van der Waals surface area contributed by atoms with Gasteiger partial charge in [0.1, 0.15) is 0 Å². The number of amides is 2. The number of likely N-dealkylation sites (tertiary alicyclic amines) is 1. The summed E-state index contributed by atoms with van der Waals surface area (Å²) in [5, 5.41) is 10.8. The molecule has 1 aromatic rings. The molecule has 3 rings (SSSR count). The van der Waals surface area contributed by atoms with Crippen molar-refractivity contribution in [2.24, 2.45) is 0 Å². The Labute approximate surface area is 171 Å². The van der Waals surface area contributed by atoms with Crippen molar-refractivity contribution in [1.29, 1.82) is 0 Å². The first-order chi connectivity index (χ1) is 13.9. The van der Waals surface area contributed by atoms with Crippen LogP contribution < -0.4 is 4.90 Å². The Bertz CT molecular complexity index is 733. The number of anilines is 1. The van der Waals surface area contributed by atoms with E-state index in [9.17, 15) is 19.7 Å². The summed E-state index contributed by atoms with van der Waals surface area (Å²) < 4.78 is 0. The number of hydrogen-bond acceptors (Lipinski definition) is 6. The number of carbonyl (C=O) groups excluding carboxylic acids is 2. The van der Waals surface area contributed by atoms with Crippen molar-refractivity contribution in [3.05, 3.63) is 34.4 Å². The van der Waals surface area contributed by atoms with Crippen molar-refractivity contribution in [2.45, 2.75) is 19.3 Å². The average Bonchev–Trinajstić information content (AvgIpc) is 3.17. The minimum Gasteiger partial charge on any atom is -0.342 e. The molecule has 0 N–H and O–H groups in total. The maximum atomic E-state index is 12.7. The second-order valence-corrected chi connectivity index (χ2v) is 7.72. The summed E-state index contributed by atoms with van der Waals surface area (Å²) in [7, 11) is 1.68. The van der Waals surface area contributed by atoms with E-state index >= 15 is 0 Å². The summed E-state index contributed by atoms with van der Waals surface area (Å²) in [6.07, 6.45) is 3.12. The van der Waals surface area contributed by atoms with Crippen LogP contribution in [-0.4, -0.2) is 90.8 Å². The van der Waals surface area contributed by atoms with Gasteiger partial charge in [0.25, 0.3) is 5.69 Å². The van der Waals surface area contributed by atoms with Crippen LogP contribution in [0.3, 0.4) is 0 Å².